The summed E-state index contributed by atoms with van der Waals surface area (Å²) in [6, 6.07) is 8.28. The zero-order valence-electron chi connectivity index (χ0n) is 12.6. The summed E-state index contributed by atoms with van der Waals surface area (Å²) in [5, 5.41) is 5.41. The Morgan fingerprint density at radius 3 is 2.45 bits per heavy atom. The predicted molar refractivity (Wildman–Crippen MR) is 90.0 cm³/mol. The van der Waals surface area contributed by atoms with Crippen LogP contribution in [0.5, 0.6) is 0 Å². The molecule has 22 heavy (non-hydrogen) atoms. The minimum absolute atomic E-state index is 0.347. The van der Waals surface area contributed by atoms with Crippen molar-refractivity contribution in [2.24, 2.45) is 5.73 Å². The average molecular weight is 317 g/mol. The number of piperidine rings is 1. The zero-order valence-corrected chi connectivity index (χ0v) is 13.3. The van der Waals surface area contributed by atoms with Crippen molar-refractivity contribution in [3.05, 3.63) is 41.2 Å². The van der Waals surface area contributed by atoms with Crippen LogP contribution < -0.4 is 10.6 Å². The van der Waals surface area contributed by atoms with Crippen molar-refractivity contribution in [2.75, 3.05) is 18.0 Å². The highest BCUT2D eigenvalue weighted by molar-refractivity contribution is 6.32. The molecule has 2 N–H and O–H groups in total. The predicted octanol–water partition coefficient (Wildman–Crippen LogP) is 3.33. The van der Waals surface area contributed by atoms with Gasteiger partial charge in [-0.25, -0.2) is 4.68 Å². The Balaban J connectivity index is 1.73. The number of hydrogen-bond acceptors (Lipinski definition) is 3. The molecule has 5 heteroatoms. The standard InChI is InChI=1S/C17H21ClN4/c18-14-3-1-2-4-15(14)22-17(12-5-6-12)16(11-20-22)21-9-7-13(19)8-10-21/h1-4,11-13H,5-10,19H2. The van der Waals surface area contributed by atoms with E-state index in [0.29, 0.717) is 12.0 Å². The largest absolute Gasteiger partial charge is 0.369 e. The fourth-order valence-electron chi connectivity index (χ4n) is 3.29. The van der Waals surface area contributed by atoms with E-state index in [1.54, 1.807) is 0 Å². The third-order valence-corrected chi connectivity index (χ3v) is 5.03. The quantitative estimate of drug-likeness (QED) is 0.944. The molecule has 0 atom stereocenters. The first-order valence-corrected chi connectivity index (χ1v) is 8.45. The van der Waals surface area contributed by atoms with Gasteiger partial charge in [-0.3, -0.25) is 0 Å². The Hall–Kier alpha value is -1.52. The molecule has 2 heterocycles. The van der Waals surface area contributed by atoms with Gasteiger partial charge >= 0.3 is 0 Å². The summed E-state index contributed by atoms with van der Waals surface area (Å²) in [6.07, 6.45) is 6.61. The van der Waals surface area contributed by atoms with Crippen LogP contribution in [-0.4, -0.2) is 28.9 Å². The lowest BCUT2D eigenvalue weighted by Crippen LogP contribution is -2.39. The van der Waals surface area contributed by atoms with E-state index in [0.717, 1.165) is 36.6 Å². The Bertz CT molecular complexity index is 669. The molecule has 2 aliphatic rings. The number of anilines is 1. The van der Waals surface area contributed by atoms with Crippen molar-refractivity contribution in [1.29, 1.82) is 0 Å². The van der Waals surface area contributed by atoms with E-state index in [4.69, 9.17) is 17.3 Å². The molecule has 4 rings (SSSR count). The average Bonchev–Trinajstić information content (AvgIpc) is 3.28. The lowest BCUT2D eigenvalue weighted by atomic mass is 10.1. The Kier molecular flexibility index (Phi) is 3.59. The first-order valence-electron chi connectivity index (χ1n) is 8.07. The number of rotatable bonds is 3. The number of nitrogens with zero attached hydrogens (tertiary/aromatic N) is 3. The molecular weight excluding hydrogens is 296 g/mol. The van der Waals surface area contributed by atoms with Crippen molar-refractivity contribution in [3.63, 3.8) is 0 Å². The highest BCUT2D eigenvalue weighted by atomic mass is 35.5. The summed E-state index contributed by atoms with van der Waals surface area (Å²) in [7, 11) is 0. The molecule has 1 aromatic carbocycles. The molecule has 4 nitrogen and oxygen atoms in total. The van der Waals surface area contributed by atoms with E-state index < -0.39 is 0 Å². The van der Waals surface area contributed by atoms with Crippen molar-refractivity contribution < 1.29 is 0 Å². The highest BCUT2D eigenvalue weighted by Gasteiger charge is 2.33. The maximum Gasteiger partial charge on any atom is 0.0835 e. The molecule has 1 saturated heterocycles. The fourth-order valence-corrected chi connectivity index (χ4v) is 3.50. The van der Waals surface area contributed by atoms with Crippen LogP contribution in [0.1, 0.15) is 37.3 Å². The maximum absolute atomic E-state index is 6.38. The summed E-state index contributed by atoms with van der Waals surface area (Å²) in [4.78, 5) is 2.44. The van der Waals surface area contributed by atoms with Crippen molar-refractivity contribution in [3.8, 4) is 5.69 Å². The van der Waals surface area contributed by atoms with E-state index in [1.165, 1.54) is 24.2 Å². The maximum atomic E-state index is 6.38. The van der Waals surface area contributed by atoms with Gasteiger partial charge in [0.25, 0.3) is 0 Å². The van der Waals surface area contributed by atoms with Gasteiger partial charge in [0.1, 0.15) is 0 Å². The summed E-state index contributed by atoms with van der Waals surface area (Å²) in [5.41, 5.74) is 9.61. The monoisotopic (exact) mass is 316 g/mol. The van der Waals surface area contributed by atoms with Crippen LogP contribution in [0.4, 0.5) is 5.69 Å². The molecule has 116 valence electrons. The van der Waals surface area contributed by atoms with Gasteiger partial charge < -0.3 is 10.6 Å². The summed E-state index contributed by atoms with van der Waals surface area (Å²) in [5.74, 6) is 0.615. The van der Waals surface area contributed by atoms with Crippen LogP contribution in [0, 0.1) is 0 Å². The molecule has 0 amide bonds. The number of nitrogens with two attached hydrogens (primary N) is 1. The lowest BCUT2D eigenvalue weighted by Gasteiger charge is -2.32. The van der Waals surface area contributed by atoms with Crippen LogP contribution in [0.25, 0.3) is 5.69 Å². The number of halogens is 1. The molecule has 2 aromatic rings. The van der Waals surface area contributed by atoms with Gasteiger partial charge in [-0.2, -0.15) is 5.10 Å². The van der Waals surface area contributed by atoms with Gasteiger partial charge in [-0.1, -0.05) is 23.7 Å². The lowest BCUT2D eigenvalue weighted by molar-refractivity contribution is 0.500. The van der Waals surface area contributed by atoms with Gasteiger partial charge in [-0.15, -0.1) is 0 Å². The molecule has 0 unspecified atom stereocenters. The van der Waals surface area contributed by atoms with Crippen LogP contribution in [0.2, 0.25) is 5.02 Å². The molecule has 0 spiro atoms. The molecule has 1 aromatic heterocycles. The van der Waals surface area contributed by atoms with Gasteiger partial charge in [-0.05, 0) is 37.8 Å². The molecule has 0 radical (unpaired) electrons. The van der Waals surface area contributed by atoms with Gasteiger partial charge in [0.15, 0.2) is 0 Å². The van der Waals surface area contributed by atoms with Crippen LogP contribution >= 0.6 is 11.6 Å². The van der Waals surface area contributed by atoms with Crippen LogP contribution in [0.15, 0.2) is 30.5 Å². The van der Waals surface area contributed by atoms with E-state index >= 15 is 0 Å². The van der Waals surface area contributed by atoms with Gasteiger partial charge in [0.05, 0.1) is 28.3 Å². The summed E-state index contributed by atoms with van der Waals surface area (Å²) in [6.45, 7) is 2.05. The SMILES string of the molecule is NC1CCN(c2cnn(-c3ccccc3Cl)c2C2CC2)CC1. The van der Waals surface area contributed by atoms with E-state index in [1.807, 2.05) is 35.1 Å². The number of hydrogen-bond donors (Lipinski definition) is 1. The highest BCUT2D eigenvalue weighted by Crippen LogP contribution is 2.46. The molecule has 1 aliphatic heterocycles. The Labute approximate surface area is 135 Å². The third-order valence-electron chi connectivity index (χ3n) is 4.71. The van der Waals surface area contributed by atoms with Gasteiger partial charge in [0.2, 0.25) is 0 Å². The number of benzene rings is 1. The normalized spacial score (nSPS) is 19.6. The first-order chi connectivity index (χ1) is 10.7. The smallest absolute Gasteiger partial charge is 0.0835 e. The Morgan fingerprint density at radius 2 is 1.77 bits per heavy atom. The van der Waals surface area contributed by atoms with Crippen molar-refractivity contribution in [1.82, 2.24) is 9.78 Å². The molecule has 0 bridgehead atoms. The van der Waals surface area contributed by atoms with Crippen LogP contribution in [-0.2, 0) is 0 Å². The topological polar surface area (TPSA) is 47.1 Å². The fraction of sp³-hybridized carbons (Fsp3) is 0.471. The van der Waals surface area contributed by atoms with Gasteiger partial charge in [0, 0.05) is 25.0 Å². The minimum Gasteiger partial charge on any atom is -0.369 e. The number of para-hydroxylation sites is 1. The molecule has 1 aliphatic carbocycles. The minimum atomic E-state index is 0.347. The molecule has 2 fully saturated rings. The second kappa shape index (κ2) is 5.60. The second-order valence-electron chi connectivity index (χ2n) is 6.38. The Morgan fingerprint density at radius 1 is 1.05 bits per heavy atom. The third kappa shape index (κ3) is 2.50. The number of aromatic nitrogens is 2. The van der Waals surface area contributed by atoms with E-state index in [-0.39, 0.29) is 0 Å². The molecular formula is C17H21ClN4. The van der Waals surface area contributed by atoms with E-state index in [9.17, 15) is 0 Å². The van der Waals surface area contributed by atoms with Crippen molar-refractivity contribution >= 4 is 17.3 Å². The first kappa shape index (κ1) is 14.1. The zero-order chi connectivity index (χ0) is 15.1. The molecule has 1 saturated carbocycles. The van der Waals surface area contributed by atoms with Crippen LogP contribution in [0.3, 0.4) is 0 Å². The second-order valence-corrected chi connectivity index (χ2v) is 6.78. The summed E-state index contributed by atoms with van der Waals surface area (Å²) < 4.78 is 2.05. The van der Waals surface area contributed by atoms with Crippen molar-refractivity contribution in [2.45, 2.75) is 37.6 Å². The summed E-state index contributed by atoms with van der Waals surface area (Å²) >= 11 is 6.38. The van der Waals surface area contributed by atoms with E-state index in [2.05, 4.69) is 10.00 Å².